The van der Waals surface area contributed by atoms with E-state index in [2.05, 4.69) is 15.2 Å². The monoisotopic (exact) mass is 366 g/mol. The van der Waals surface area contributed by atoms with Crippen molar-refractivity contribution in [3.8, 4) is 5.75 Å². The number of carbonyl (C=O) groups is 1. The van der Waals surface area contributed by atoms with E-state index in [9.17, 15) is 13.6 Å². The van der Waals surface area contributed by atoms with Crippen LogP contribution in [0.2, 0.25) is 0 Å². The zero-order valence-corrected chi connectivity index (χ0v) is 14.1. The Kier molecular flexibility index (Phi) is 7.21. The topological polar surface area (TPSA) is 59.9 Å². The molecule has 8 heteroatoms. The average Bonchev–Trinajstić information content (AvgIpc) is 2.59. The molecular formula is C17H16F2N2O3S. The second-order valence-electron chi connectivity index (χ2n) is 4.70. The molecule has 0 aromatic heterocycles. The van der Waals surface area contributed by atoms with Gasteiger partial charge in [0.25, 0.3) is 5.91 Å². The maximum Gasteiger partial charge on any atom is 0.387 e. The van der Waals surface area contributed by atoms with Gasteiger partial charge in [0.15, 0.2) is 6.61 Å². The number of oxime groups is 1. The van der Waals surface area contributed by atoms with Gasteiger partial charge in [-0.1, -0.05) is 23.4 Å². The zero-order valence-electron chi connectivity index (χ0n) is 13.3. The van der Waals surface area contributed by atoms with Gasteiger partial charge in [-0.3, -0.25) is 4.79 Å². The van der Waals surface area contributed by atoms with E-state index in [1.165, 1.54) is 12.3 Å². The van der Waals surface area contributed by atoms with Crippen LogP contribution in [-0.4, -0.2) is 31.6 Å². The maximum absolute atomic E-state index is 12.3. The van der Waals surface area contributed by atoms with Gasteiger partial charge in [-0.05, 0) is 36.6 Å². The van der Waals surface area contributed by atoms with Crippen LogP contribution in [-0.2, 0) is 9.63 Å². The summed E-state index contributed by atoms with van der Waals surface area (Å²) >= 11 is 1.56. The third kappa shape index (κ3) is 6.42. The SMILES string of the molecule is CSc1cccc(NC(=O)CO/N=C\c2ccccc2OC(F)F)c1. The van der Waals surface area contributed by atoms with Crippen molar-refractivity contribution in [3.05, 3.63) is 54.1 Å². The number of alkyl halides is 2. The summed E-state index contributed by atoms with van der Waals surface area (Å²) in [7, 11) is 0. The third-order valence-electron chi connectivity index (χ3n) is 2.95. The average molecular weight is 366 g/mol. The van der Waals surface area contributed by atoms with Crippen LogP contribution in [0, 0.1) is 0 Å². The Hall–Kier alpha value is -2.61. The van der Waals surface area contributed by atoms with E-state index in [1.54, 1.807) is 36.0 Å². The van der Waals surface area contributed by atoms with Crippen molar-refractivity contribution in [2.24, 2.45) is 5.16 Å². The summed E-state index contributed by atoms with van der Waals surface area (Å²) in [6, 6.07) is 13.5. The minimum Gasteiger partial charge on any atom is -0.434 e. The molecule has 0 aliphatic carbocycles. The lowest BCUT2D eigenvalue weighted by atomic mass is 10.2. The van der Waals surface area contributed by atoms with Crippen molar-refractivity contribution >= 4 is 29.6 Å². The molecule has 0 fully saturated rings. The van der Waals surface area contributed by atoms with Gasteiger partial charge in [0.1, 0.15) is 5.75 Å². The van der Waals surface area contributed by atoms with Crippen molar-refractivity contribution < 1.29 is 23.1 Å². The molecule has 0 aliphatic heterocycles. The van der Waals surface area contributed by atoms with Gasteiger partial charge in [-0.2, -0.15) is 8.78 Å². The molecule has 0 saturated heterocycles. The Morgan fingerprint density at radius 2 is 2.08 bits per heavy atom. The second kappa shape index (κ2) is 9.63. The number of ether oxygens (including phenoxy) is 1. The predicted octanol–water partition coefficient (Wildman–Crippen LogP) is 4.00. The quantitative estimate of drug-likeness (QED) is 0.436. The number of thioether (sulfide) groups is 1. The molecule has 0 saturated carbocycles. The van der Waals surface area contributed by atoms with Gasteiger partial charge < -0.3 is 14.9 Å². The van der Waals surface area contributed by atoms with Crippen molar-refractivity contribution in [3.63, 3.8) is 0 Å². The molecule has 0 atom stereocenters. The van der Waals surface area contributed by atoms with E-state index in [-0.39, 0.29) is 18.3 Å². The van der Waals surface area contributed by atoms with Crippen molar-refractivity contribution in [1.29, 1.82) is 0 Å². The molecule has 0 radical (unpaired) electrons. The number of hydrogen-bond donors (Lipinski definition) is 1. The van der Waals surface area contributed by atoms with E-state index in [1.807, 2.05) is 24.5 Å². The summed E-state index contributed by atoms with van der Waals surface area (Å²) in [4.78, 5) is 17.7. The minimum absolute atomic E-state index is 0.0248. The second-order valence-corrected chi connectivity index (χ2v) is 5.58. The molecule has 132 valence electrons. The molecule has 1 amide bonds. The molecule has 2 aromatic carbocycles. The molecule has 0 heterocycles. The standard InChI is InChI=1S/C17H16F2N2O3S/c1-25-14-7-4-6-13(9-14)21-16(22)11-23-20-10-12-5-2-3-8-15(12)24-17(18)19/h2-10,17H,11H2,1H3,(H,21,22)/b20-10-. The number of rotatable bonds is 8. The van der Waals surface area contributed by atoms with Gasteiger partial charge in [0, 0.05) is 16.1 Å². The summed E-state index contributed by atoms with van der Waals surface area (Å²) in [5, 5.41) is 6.29. The molecular weight excluding hydrogens is 350 g/mol. The molecule has 2 aromatic rings. The van der Waals surface area contributed by atoms with E-state index in [4.69, 9.17) is 4.84 Å². The lowest BCUT2D eigenvalue weighted by Crippen LogP contribution is -2.17. The van der Waals surface area contributed by atoms with Crippen LogP contribution in [0.3, 0.4) is 0 Å². The zero-order chi connectivity index (χ0) is 18.1. The third-order valence-corrected chi connectivity index (χ3v) is 3.68. The van der Waals surface area contributed by atoms with E-state index < -0.39 is 6.61 Å². The number of carbonyl (C=O) groups excluding carboxylic acids is 1. The van der Waals surface area contributed by atoms with Crippen LogP contribution in [0.4, 0.5) is 14.5 Å². The van der Waals surface area contributed by atoms with E-state index in [0.717, 1.165) is 4.90 Å². The van der Waals surface area contributed by atoms with Crippen LogP contribution in [0.5, 0.6) is 5.75 Å². The fourth-order valence-corrected chi connectivity index (χ4v) is 2.34. The smallest absolute Gasteiger partial charge is 0.387 e. The van der Waals surface area contributed by atoms with Gasteiger partial charge in [0.2, 0.25) is 0 Å². The van der Waals surface area contributed by atoms with Gasteiger partial charge >= 0.3 is 6.61 Å². The van der Waals surface area contributed by atoms with Crippen LogP contribution >= 0.6 is 11.8 Å². The molecule has 0 bridgehead atoms. The summed E-state index contributed by atoms with van der Waals surface area (Å²) in [5.41, 5.74) is 0.969. The summed E-state index contributed by atoms with van der Waals surface area (Å²) in [5.74, 6) is -0.407. The first-order valence-electron chi connectivity index (χ1n) is 7.21. The van der Waals surface area contributed by atoms with E-state index in [0.29, 0.717) is 11.3 Å². The van der Waals surface area contributed by atoms with Crippen molar-refractivity contribution in [2.45, 2.75) is 11.5 Å². The molecule has 0 unspecified atom stereocenters. The molecule has 2 rings (SSSR count). The molecule has 0 aliphatic rings. The first-order chi connectivity index (χ1) is 12.1. The van der Waals surface area contributed by atoms with Gasteiger partial charge in [-0.25, -0.2) is 0 Å². The Balaban J connectivity index is 1.85. The van der Waals surface area contributed by atoms with Crippen LogP contribution in [0.25, 0.3) is 0 Å². The summed E-state index contributed by atoms with van der Waals surface area (Å²) in [6.45, 7) is -3.24. The highest BCUT2D eigenvalue weighted by Gasteiger charge is 2.08. The van der Waals surface area contributed by atoms with Gasteiger partial charge in [0.05, 0.1) is 6.21 Å². The molecule has 25 heavy (non-hydrogen) atoms. The van der Waals surface area contributed by atoms with Gasteiger partial charge in [-0.15, -0.1) is 11.8 Å². The van der Waals surface area contributed by atoms with Crippen molar-refractivity contribution in [1.82, 2.24) is 0 Å². The fraction of sp³-hybridized carbons (Fsp3) is 0.176. The molecule has 5 nitrogen and oxygen atoms in total. The Morgan fingerprint density at radius 3 is 2.84 bits per heavy atom. The first-order valence-corrected chi connectivity index (χ1v) is 8.44. The Morgan fingerprint density at radius 1 is 1.28 bits per heavy atom. The Labute approximate surface area is 148 Å². The number of anilines is 1. The van der Waals surface area contributed by atoms with Crippen LogP contribution < -0.4 is 10.1 Å². The molecule has 0 spiro atoms. The maximum atomic E-state index is 12.3. The number of amides is 1. The molecule has 1 N–H and O–H groups in total. The minimum atomic E-state index is -2.93. The van der Waals surface area contributed by atoms with E-state index >= 15 is 0 Å². The largest absolute Gasteiger partial charge is 0.434 e. The highest BCUT2D eigenvalue weighted by Crippen LogP contribution is 2.19. The summed E-state index contributed by atoms with van der Waals surface area (Å²) in [6.07, 6.45) is 3.15. The fourth-order valence-electron chi connectivity index (χ4n) is 1.88. The lowest BCUT2D eigenvalue weighted by molar-refractivity contribution is -0.120. The predicted molar refractivity (Wildman–Crippen MR) is 93.5 cm³/mol. The highest BCUT2D eigenvalue weighted by molar-refractivity contribution is 7.98. The number of halogens is 2. The van der Waals surface area contributed by atoms with Crippen LogP contribution in [0.15, 0.2) is 58.6 Å². The number of nitrogens with zero attached hydrogens (tertiary/aromatic N) is 1. The summed E-state index contributed by atoms with van der Waals surface area (Å²) < 4.78 is 29.0. The lowest BCUT2D eigenvalue weighted by Gasteiger charge is -2.07. The normalized spacial score (nSPS) is 10.9. The number of nitrogens with one attached hydrogen (secondary N) is 1. The Bertz CT molecular complexity index is 741. The van der Waals surface area contributed by atoms with Crippen molar-refractivity contribution in [2.75, 3.05) is 18.2 Å². The first kappa shape index (κ1) is 18.7. The number of benzene rings is 2. The van der Waals surface area contributed by atoms with Crippen LogP contribution in [0.1, 0.15) is 5.56 Å². The number of hydrogen-bond acceptors (Lipinski definition) is 5. The highest BCUT2D eigenvalue weighted by atomic mass is 32.2. The number of para-hydroxylation sites is 1.